The minimum atomic E-state index is 0.207. The van der Waals surface area contributed by atoms with Crippen LogP contribution in [0.2, 0.25) is 0 Å². The number of hydrogen-bond donors (Lipinski definition) is 0. The molecule has 5 nitrogen and oxygen atoms in total. The lowest BCUT2D eigenvalue weighted by Gasteiger charge is -2.42. The molecule has 0 unspecified atom stereocenters. The molecule has 4 rings (SSSR count). The lowest BCUT2D eigenvalue weighted by atomic mass is 9.92. The zero-order valence-corrected chi connectivity index (χ0v) is 19.6. The van der Waals surface area contributed by atoms with Crippen LogP contribution in [0, 0.1) is 12.8 Å². The summed E-state index contributed by atoms with van der Waals surface area (Å²) in [6, 6.07) is 9.46. The first kappa shape index (κ1) is 22.8. The molecule has 0 radical (unpaired) electrons. The molecule has 1 aromatic carbocycles. The van der Waals surface area contributed by atoms with Gasteiger partial charge in [-0.05, 0) is 89.7 Å². The number of ether oxygens (including phenoxy) is 1. The van der Waals surface area contributed by atoms with Crippen molar-refractivity contribution >= 4 is 5.91 Å². The first-order valence-electron chi connectivity index (χ1n) is 12.6. The molecule has 3 aliphatic rings. The Bertz CT molecular complexity index is 702. The topological polar surface area (TPSA) is 36.0 Å². The number of amides is 1. The number of piperidine rings is 2. The second-order valence-corrected chi connectivity index (χ2v) is 9.76. The highest BCUT2D eigenvalue weighted by Gasteiger charge is 2.33. The molecule has 0 N–H and O–H groups in total. The molecule has 1 amide bonds. The highest BCUT2D eigenvalue weighted by molar-refractivity contribution is 5.79. The maximum absolute atomic E-state index is 13.1. The summed E-state index contributed by atoms with van der Waals surface area (Å²) in [6.07, 6.45) is 7.04. The summed E-state index contributed by atoms with van der Waals surface area (Å²) >= 11 is 0. The van der Waals surface area contributed by atoms with Gasteiger partial charge in [-0.3, -0.25) is 9.69 Å². The van der Waals surface area contributed by atoms with Crippen LogP contribution in [0.1, 0.15) is 56.6 Å². The minimum Gasteiger partial charge on any atom is -0.376 e. The van der Waals surface area contributed by atoms with Crippen molar-refractivity contribution in [3.05, 3.63) is 35.4 Å². The zero-order chi connectivity index (χ0) is 21.6. The molecular weight excluding hydrogens is 386 g/mol. The number of benzene rings is 1. The molecule has 0 aliphatic carbocycles. The molecule has 3 aliphatic heterocycles. The standard InChI is InChI=1S/C26H41N3O2/c1-3-28(20-25-9-6-18-31-25)26(30)22-10-16-29(17-11-22)24-12-14-27(15-13-24)19-23-8-5-4-7-21(23)2/h4-5,7-8,22,24-25H,3,6,9-20H2,1-2H3/t25-/m0/s1. The van der Waals surface area contributed by atoms with Crippen LogP contribution >= 0.6 is 0 Å². The number of likely N-dealkylation sites (tertiary alicyclic amines) is 2. The van der Waals surface area contributed by atoms with Gasteiger partial charge in [0.2, 0.25) is 5.91 Å². The van der Waals surface area contributed by atoms with E-state index >= 15 is 0 Å². The molecule has 0 bridgehead atoms. The van der Waals surface area contributed by atoms with Gasteiger partial charge < -0.3 is 14.5 Å². The Hall–Kier alpha value is -1.43. The molecule has 0 aromatic heterocycles. The number of carbonyl (C=O) groups is 1. The van der Waals surface area contributed by atoms with E-state index in [0.29, 0.717) is 11.9 Å². The van der Waals surface area contributed by atoms with E-state index in [2.05, 4.69) is 52.8 Å². The first-order chi connectivity index (χ1) is 15.1. The third kappa shape index (κ3) is 5.88. The van der Waals surface area contributed by atoms with Gasteiger partial charge in [0, 0.05) is 38.2 Å². The minimum absolute atomic E-state index is 0.207. The van der Waals surface area contributed by atoms with Crippen LogP contribution < -0.4 is 0 Å². The van der Waals surface area contributed by atoms with E-state index < -0.39 is 0 Å². The molecule has 0 spiro atoms. The van der Waals surface area contributed by atoms with Crippen molar-refractivity contribution in [2.24, 2.45) is 5.92 Å². The zero-order valence-electron chi connectivity index (χ0n) is 19.6. The Morgan fingerprint density at radius 2 is 1.81 bits per heavy atom. The number of rotatable bonds is 7. The fraction of sp³-hybridized carbons (Fsp3) is 0.731. The summed E-state index contributed by atoms with van der Waals surface area (Å²) in [5.41, 5.74) is 2.86. The van der Waals surface area contributed by atoms with E-state index in [4.69, 9.17) is 4.74 Å². The first-order valence-corrected chi connectivity index (χ1v) is 12.6. The average molecular weight is 428 g/mol. The highest BCUT2D eigenvalue weighted by Crippen LogP contribution is 2.26. The molecule has 172 valence electrons. The summed E-state index contributed by atoms with van der Waals surface area (Å²) < 4.78 is 5.77. The lowest BCUT2D eigenvalue weighted by molar-refractivity contribution is -0.138. The summed E-state index contributed by atoms with van der Waals surface area (Å²) in [5, 5.41) is 0. The third-order valence-corrected chi connectivity index (χ3v) is 7.75. The fourth-order valence-electron chi connectivity index (χ4n) is 5.65. The summed E-state index contributed by atoms with van der Waals surface area (Å²) in [6.45, 7) is 12.4. The molecular formula is C26H41N3O2. The van der Waals surface area contributed by atoms with E-state index in [1.54, 1.807) is 0 Å². The van der Waals surface area contributed by atoms with Crippen LogP contribution in [0.5, 0.6) is 0 Å². The second-order valence-electron chi connectivity index (χ2n) is 9.76. The Kier molecular flexibility index (Phi) is 8.02. The number of hydrogen-bond acceptors (Lipinski definition) is 4. The van der Waals surface area contributed by atoms with E-state index in [0.717, 1.165) is 65.0 Å². The van der Waals surface area contributed by atoms with Gasteiger partial charge in [0.25, 0.3) is 0 Å². The Morgan fingerprint density at radius 1 is 1.06 bits per heavy atom. The van der Waals surface area contributed by atoms with E-state index in [1.807, 2.05) is 0 Å². The molecule has 3 saturated heterocycles. The largest absolute Gasteiger partial charge is 0.376 e. The molecule has 3 fully saturated rings. The summed E-state index contributed by atoms with van der Waals surface area (Å²) in [7, 11) is 0. The van der Waals surface area contributed by atoms with Crippen molar-refractivity contribution in [3.63, 3.8) is 0 Å². The Morgan fingerprint density at radius 3 is 2.45 bits per heavy atom. The number of aryl methyl sites for hydroxylation is 1. The van der Waals surface area contributed by atoms with Crippen molar-refractivity contribution < 1.29 is 9.53 Å². The van der Waals surface area contributed by atoms with Crippen LogP contribution in [0.15, 0.2) is 24.3 Å². The Labute approximate surface area is 188 Å². The molecule has 1 aromatic rings. The normalized spacial score (nSPS) is 24.5. The number of nitrogens with zero attached hydrogens (tertiary/aromatic N) is 3. The second kappa shape index (κ2) is 10.9. The predicted octanol–water partition coefficient (Wildman–Crippen LogP) is 3.70. The van der Waals surface area contributed by atoms with Gasteiger partial charge >= 0.3 is 0 Å². The van der Waals surface area contributed by atoms with Crippen molar-refractivity contribution in [1.82, 2.24) is 14.7 Å². The van der Waals surface area contributed by atoms with E-state index in [-0.39, 0.29) is 12.0 Å². The maximum Gasteiger partial charge on any atom is 0.225 e. The fourth-order valence-corrected chi connectivity index (χ4v) is 5.65. The number of likely N-dealkylation sites (N-methyl/N-ethyl adjacent to an activating group) is 1. The molecule has 0 saturated carbocycles. The third-order valence-electron chi connectivity index (χ3n) is 7.75. The monoisotopic (exact) mass is 427 g/mol. The van der Waals surface area contributed by atoms with Gasteiger partial charge in [0.15, 0.2) is 0 Å². The highest BCUT2D eigenvalue weighted by atomic mass is 16.5. The lowest BCUT2D eigenvalue weighted by Crippen LogP contribution is -2.50. The SMILES string of the molecule is CCN(C[C@@H]1CCCO1)C(=O)C1CCN(C2CCN(Cc3ccccc3C)CC2)CC1. The average Bonchev–Trinajstić information content (AvgIpc) is 3.32. The van der Waals surface area contributed by atoms with Crippen molar-refractivity contribution in [3.8, 4) is 0 Å². The van der Waals surface area contributed by atoms with Gasteiger partial charge in [-0.15, -0.1) is 0 Å². The predicted molar refractivity (Wildman–Crippen MR) is 125 cm³/mol. The van der Waals surface area contributed by atoms with E-state index in [9.17, 15) is 4.79 Å². The van der Waals surface area contributed by atoms with E-state index in [1.165, 1.54) is 37.1 Å². The van der Waals surface area contributed by atoms with Gasteiger partial charge in [0.1, 0.15) is 0 Å². The van der Waals surface area contributed by atoms with Crippen LogP contribution in [0.25, 0.3) is 0 Å². The molecule has 31 heavy (non-hydrogen) atoms. The molecule has 5 heteroatoms. The van der Waals surface area contributed by atoms with Gasteiger partial charge in [0.05, 0.1) is 6.10 Å². The van der Waals surface area contributed by atoms with Crippen molar-refractivity contribution in [1.29, 1.82) is 0 Å². The smallest absolute Gasteiger partial charge is 0.225 e. The van der Waals surface area contributed by atoms with Gasteiger partial charge in [-0.2, -0.15) is 0 Å². The van der Waals surface area contributed by atoms with Crippen LogP contribution in [-0.2, 0) is 16.1 Å². The number of carbonyl (C=O) groups excluding carboxylic acids is 1. The van der Waals surface area contributed by atoms with Crippen LogP contribution in [0.4, 0.5) is 0 Å². The van der Waals surface area contributed by atoms with Gasteiger partial charge in [-0.25, -0.2) is 0 Å². The van der Waals surface area contributed by atoms with Gasteiger partial charge in [-0.1, -0.05) is 24.3 Å². The van der Waals surface area contributed by atoms with Crippen LogP contribution in [-0.4, -0.2) is 78.6 Å². The molecule has 1 atom stereocenters. The summed E-state index contributed by atoms with van der Waals surface area (Å²) in [4.78, 5) is 20.4. The Balaban J connectivity index is 1.20. The quantitative estimate of drug-likeness (QED) is 0.665. The van der Waals surface area contributed by atoms with Crippen molar-refractivity contribution in [2.45, 2.75) is 71.1 Å². The summed E-state index contributed by atoms with van der Waals surface area (Å²) in [5.74, 6) is 0.574. The van der Waals surface area contributed by atoms with Crippen molar-refractivity contribution in [2.75, 3.05) is 45.9 Å². The van der Waals surface area contributed by atoms with Crippen LogP contribution in [0.3, 0.4) is 0 Å². The maximum atomic E-state index is 13.1. The molecule has 3 heterocycles.